The van der Waals surface area contributed by atoms with E-state index in [1.54, 1.807) is 12.1 Å². The van der Waals surface area contributed by atoms with Gasteiger partial charge < -0.3 is 25.7 Å². The lowest BCUT2D eigenvalue weighted by Gasteiger charge is -2.21. The zero-order valence-electron chi connectivity index (χ0n) is 10.9. The predicted octanol–water partition coefficient (Wildman–Crippen LogP) is 1.79. The molecule has 1 heterocycles. The predicted molar refractivity (Wildman–Crippen MR) is 68.9 cm³/mol. The van der Waals surface area contributed by atoms with Gasteiger partial charge in [0.2, 0.25) is 0 Å². The first-order valence-corrected chi connectivity index (χ1v) is 6.09. The minimum Gasteiger partial charge on any atom is -0.486 e. The van der Waals surface area contributed by atoms with Gasteiger partial charge in [-0.3, -0.25) is 0 Å². The van der Waals surface area contributed by atoms with Crippen molar-refractivity contribution in [2.45, 2.75) is 6.18 Å². The minimum atomic E-state index is -4.61. The SMILES string of the molecule is N/C(=N/O)C(CNc1ccc2c(c1)OCCO2)C(F)(F)F. The number of ether oxygens (including phenoxy) is 2. The van der Waals surface area contributed by atoms with Crippen molar-refractivity contribution in [3.05, 3.63) is 18.2 Å². The van der Waals surface area contributed by atoms with Gasteiger partial charge in [0.05, 0.1) is 0 Å². The lowest BCUT2D eigenvalue weighted by molar-refractivity contribution is -0.152. The summed E-state index contributed by atoms with van der Waals surface area (Å²) in [5.41, 5.74) is 5.49. The van der Waals surface area contributed by atoms with Crippen LogP contribution in [-0.4, -0.2) is 37.0 Å². The molecule has 2 rings (SSSR count). The molecule has 21 heavy (non-hydrogen) atoms. The van der Waals surface area contributed by atoms with Gasteiger partial charge in [0, 0.05) is 18.3 Å². The van der Waals surface area contributed by atoms with Gasteiger partial charge in [0.25, 0.3) is 0 Å². The summed E-state index contributed by atoms with van der Waals surface area (Å²) in [5, 5.41) is 13.4. The largest absolute Gasteiger partial charge is 0.486 e. The van der Waals surface area contributed by atoms with Crippen molar-refractivity contribution in [1.82, 2.24) is 0 Å². The van der Waals surface area contributed by atoms with E-state index in [1.165, 1.54) is 6.07 Å². The van der Waals surface area contributed by atoms with Crippen molar-refractivity contribution in [1.29, 1.82) is 0 Å². The molecule has 0 saturated carbocycles. The van der Waals surface area contributed by atoms with E-state index in [1.807, 2.05) is 0 Å². The average Bonchev–Trinajstić information content (AvgIpc) is 2.45. The van der Waals surface area contributed by atoms with Gasteiger partial charge in [0.15, 0.2) is 17.3 Å². The summed E-state index contributed by atoms with van der Waals surface area (Å²) >= 11 is 0. The third kappa shape index (κ3) is 3.61. The van der Waals surface area contributed by atoms with Crippen LogP contribution in [-0.2, 0) is 0 Å². The molecule has 0 aliphatic carbocycles. The number of anilines is 1. The van der Waals surface area contributed by atoms with Crippen LogP contribution in [0.25, 0.3) is 0 Å². The molecule has 9 heteroatoms. The second-order valence-electron chi connectivity index (χ2n) is 4.36. The zero-order chi connectivity index (χ0) is 15.5. The van der Waals surface area contributed by atoms with Gasteiger partial charge in [0.1, 0.15) is 19.1 Å². The van der Waals surface area contributed by atoms with Crippen molar-refractivity contribution < 1.29 is 27.9 Å². The molecule has 1 atom stereocenters. The van der Waals surface area contributed by atoms with Crippen LogP contribution < -0.4 is 20.5 Å². The molecule has 116 valence electrons. The Morgan fingerprint density at radius 1 is 1.33 bits per heavy atom. The molecule has 1 aliphatic rings. The Kier molecular flexibility index (Phi) is 4.29. The molecule has 0 amide bonds. The van der Waals surface area contributed by atoms with Crippen LogP contribution in [0.2, 0.25) is 0 Å². The number of nitrogens with zero attached hydrogens (tertiary/aromatic N) is 1. The fourth-order valence-corrected chi connectivity index (χ4v) is 1.83. The number of halogens is 3. The molecule has 0 fully saturated rings. The highest BCUT2D eigenvalue weighted by atomic mass is 19.4. The van der Waals surface area contributed by atoms with Crippen LogP contribution in [0.3, 0.4) is 0 Å². The molecule has 6 nitrogen and oxygen atoms in total. The Labute approximate surface area is 118 Å². The van der Waals surface area contributed by atoms with Crippen LogP contribution in [0.1, 0.15) is 0 Å². The first-order valence-electron chi connectivity index (χ1n) is 6.09. The number of rotatable bonds is 4. The molecular weight excluding hydrogens is 291 g/mol. The molecule has 0 saturated heterocycles. The Bertz CT molecular complexity index is 534. The molecule has 4 N–H and O–H groups in total. The van der Waals surface area contributed by atoms with Crippen LogP contribution >= 0.6 is 0 Å². The van der Waals surface area contributed by atoms with E-state index < -0.39 is 24.5 Å². The van der Waals surface area contributed by atoms with Gasteiger partial charge in [-0.2, -0.15) is 13.2 Å². The van der Waals surface area contributed by atoms with E-state index in [0.717, 1.165) is 0 Å². The Morgan fingerprint density at radius 3 is 2.62 bits per heavy atom. The number of nitrogens with one attached hydrogen (secondary N) is 1. The van der Waals surface area contributed by atoms with E-state index >= 15 is 0 Å². The summed E-state index contributed by atoms with van der Waals surface area (Å²) < 4.78 is 49.0. The number of nitrogens with two attached hydrogens (primary N) is 1. The fourth-order valence-electron chi connectivity index (χ4n) is 1.83. The van der Waals surface area contributed by atoms with Crippen molar-refractivity contribution in [3.8, 4) is 11.5 Å². The molecule has 0 spiro atoms. The van der Waals surface area contributed by atoms with Crippen LogP contribution in [0.5, 0.6) is 11.5 Å². The lowest BCUT2D eigenvalue weighted by Crippen LogP contribution is -2.40. The normalized spacial score (nSPS) is 16.4. The van der Waals surface area contributed by atoms with Crippen molar-refractivity contribution in [2.24, 2.45) is 16.8 Å². The van der Waals surface area contributed by atoms with Crippen LogP contribution in [0.4, 0.5) is 18.9 Å². The Morgan fingerprint density at radius 2 is 2.00 bits per heavy atom. The summed E-state index contributed by atoms with van der Waals surface area (Å²) in [6.07, 6.45) is -4.61. The molecule has 1 aromatic carbocycles. The highest BCUT2D eigenvalue weighted by molar-refractivity contribution is 5.83. The average molecular weight is 305 g/mol. The number of oxime groups is 1. The molecule has 0 bridgehead atoms. The second kappa shape index (κ2) is 5.98. The quantitative estimate of drug-likeness (QED) is 0.341. The fraction of sp³-hybridized carbons (Fsp3) is 0.417. The lowest BCUT2D eigenvalue weighted by atomic mass is 10.1. The summed E-state index contributed by atoms with van der Waals surface area (Å²) in [4.78, 5) is 0. The van der Waals surface area contributed by atoms with E-state index in [2.05, 4.69) is 10.5 Å². The standard InChI is InChI=1S/C12H14F3N3O3/c13-12(14,15)8(11(16)18-19)6-17-7-1-2-9-10(5-7)21-4-3-20-9/h1-2,5,8,17,19H,3-4,6H2,(H2,16,18). The monoisotopic (exact) mass is 305 g/mol. The van der Waals surface area contributed by atoms with Gasteiger partial charge in [-0.25, -0.2) is 0 Å². The van der Waals surface area contributed by atoms with E-state index in [9.17, 15) is 13.2 Å². The maximum Gasteiger partial charge on any atom is 0.400 e. The Balaban J connectivity index is 2.07. The minimum absolute atomic E-state index is 0.381. The first kappa shape index (κ1) is 15.1. The zero-order valence-corrected chi connectivity index (χ0v) is 10.9. The molecule has 0 aromatic heterocycles. The summed E-state index contributed by atoms with van der Waals surface area (Å²) in [6, 6.07) is 4.70. The van der Waals surface area contributed by atoms with E-state index in [4.69, 9.17) is 20.4 Å². The van der Waals surface area contributed by atoms with Gasteiger partial charge in [-0.15, -0.1) is 0 Å². The number of benzene rings is 1. The number of fused-ring (bicyclic) bond motifs is 1. The van der Waals surface area contributed by atoms with Crippen molar-refractivity contribution in [3.63, 3.8) is 0 Å². The van der Waals surface area contributed by atoms with Crippen molar-refractivity contribution >= 4 is 11.5 Å². The summed E-state index contributed by atoms with van der Waals surface area (Å²) in [6.45, 7) is 0.254. The molecule has 1 aromatic rings. The van der Waals surface area contributed by atoms with E-state index in [-0.39, 0.29) is 0 Å². The van der Waals surface area contributed by atoms with Gasteiger partial charge >= 0.3 is 6.18 Å². The van der Waals surface area contributed by atoms with Crippen LogP contribution in [0, 0.1) is 5.92 Å². The van der Waals surface area contributed by atoms with E-state index in [0.29, 0.717) is 30.4 Å². The molecular formula is C12H14F3N3O3. The molecule has 1 unspecified atom stereocenters. The third-order valence-corrected chi connectivity index (χ3v) is 2.92. The Hall–Kier alpha value is -2.32. The summed E-state index contributed by atoms with van der Waals surface area (Å²) in [7, 11) is 0. The van der Waals surface area contributed by atoms with Gasteiger partial charge in [-0.05, 0) is 12.1 Å². The maximum atomic E-state index is 12.8. The van der Waals surface area contributed by atoms with Crippen LogP contribution in [0.15, 0.2) is 23.4 Å². The first-order chi connectivity index (χ1) is 9.91. The number of alkyl halides is 3. The smallest absolute Gasteiger partial charge is 0.400 e. The second-order valence-corrected chi connectivity index (χ2v) is 4.36. The maximum absolute atomic E-state index is 12.8. The third-order valence-electron chi connectivity index (χ3n) is 2.92. The van der Waals surface area contributed by atoms with Gasteiger partial charge in [-0.1, -0.05) is 5.16 Å². The van der Waals surface area contributed by atoms with Crippen molar-refractivity contribution in [2.75, 3.05) is 25.1 Å². The topological polar surface area (TPSA) is 89.1 Å². The molecule has 0 radical (unpaired) electrons. The highest BCUT2D eigenvalue weighted by Gasteiger charge is 2.42. The number of hydrogen-bond acceptors (Lipinski definition) is 5. The summed E-state index contributed by atoms with van der Waals surface area (Å²) in [5.74, 6) is -1.99. The number of amidine groups is 1. The highest BCUT2D eigenvalue weighted by Crippen LogP contribution is 2.33. The number of hydrogen-bond donors (Lipinski definition) is 3. The molecule has 1 aliphatic heterocycles.